The first kappa shape index (κ1) is 10.0. The number of hydrogen-bond donors (Lipinski definition) is 0. The minimum atomic E-state index is -0.667. The van der Waals surface area contributed by atoms with Gasteiger partial charge in [-0.2, -0.15) is 5.10 Å². The number of nitrogens with zero attached hydrogens (tertiary/aromatic N) is 4. The molecule has 82 valence electrons. The van der Waals surface area contributed by atoms with Crippen molar-refractivity contribution in [1.29, 1.82) is 0 Å². The molecule has 0 amide bonds. The van der Waals surface area contributed by atoms with Crippen molar-refractivity contribution in [2.45, 2.75) is 0 Å². The topological polar surface area (TPSA) is 104 Å². The molecule has 0 aliphatic heterocycles. The Hall–Kier alpha value is -2.51. The summed E-state index contributed by atoms with van der Waals surface area (Å²) in [6.07, 6.45) is 1.32. The van der Waals surface area contributed by atoms with Crippen molar-refractivity contribution in [2.75, 3.05) is 0 Å². The van der Waals surface area contributed by atoms with Crippen LogP contribution >= 0.6 is 0 Å². The van der Waals surface area contributed by atoms with Crippen LogP contribution in [0.1, 0.15) is 0 Å². The Kier molecular flexibility index (Phi) is 2.04. The zero-order chi connectivity index (χ0) is 11.9. The number of aryl methyl sites for hydroxylation is 1. The highest BCUT2D eigenvalue weighted by atomic mass is 16.6. The molecule has 0 radical (unpaired) electrons. The molecule has 1 heterocycles. The first-order valence-corrected chi connectivity index (χ1v) is 4.25. The lowest BCUT2D eigenvalue weighted by Crippen LogP contribution is -1.95. The number of hydrogen-bond acceptors (Lipinski definition) is 5. The fourth-order valence-electron chi connectivity index (χ4n) is 1.47. The van der Waals surface area contributed by atoms with E-state index in [-0.39, 0.29) is 16.8 Å². The van der Waals surface area contributed by atoms with Gasteiger partial charge >= 0.3 is 0 Å². The number of nitro groups is 2. The molecule has 0 spiro atoms. The van der Waals surface area contributed by atoms with Gasteiger partial charge in [-0.3, -0.25) is 24.9 Å². The summed E-state index contributed by atoms with van der Waals surface area (Å²) in [5.74, 6) is 0. The van der Waals surface area contributed by atoms with Gasteiger partial charge < -0.3 is 0 Å². The van der Waals surface area contributed by atoms with E-state index >= 15 is 0 Å². The molecule has 2 aromatic rings. The van der Waals surface area contributed by atoms with E-state index in [1.807, 2.05) is 0 Å². The van der Waals surface area contributed by atoms with Crippen molar-refractivity contribution in [3.63, 3.8) is 0 Å². The van der Waals surface area contributed by atoms with E-state index in [1.165, 1.54) is 16.9 Å². The van der Waals surface area contributed by atoms with Gasteiger partial charge in [0.25, 0.3) is 11.4 Å². The molecule has 1 aromatic heterocycles. The summed E-state index contributed by atoms with van der Waals surface area (Å²) in [5.41, 5.74) is -0.263. The van der Waals surface area contributed by atoms with Gasteiger partial charge in [0.1, 0.15) is 0 Å². The first-order valence-electron chi connectivity index (χ1n) is 4.25. The normalized spacial score (nSPS) is 10.6. The van der Waals surface area contributed by atoms with Crippen molar-refractivity contribution in [3.05, 3.63) is 38.6 Å². The van der Waals surface area contributed by atoms with Gasteiger partial charge in [-0.15, -0.1) is 0 Å². The number of nitro benzene ring substituents is 2. The van der Waals surface area contributed by atoms with Crippen LogP contribution in [-0.4, -0.2) is 19.6 Å². The Morgan fingerprint density at radius 2 is 1.94 bits per heavy atom. The Labute approximate surface area is 88.4 Å². The summed E-state index contributed by atoms with van der Waals surface area (Å²) in [4.78, 5) is 20.0. The van der Waals surface area contributed by atoms with Gasteiger partial charge in [0.15, 0.2) is 0 Å². The highest BCUT2D eigenvalue weighted by Crippen LogP contribution is 2.30. The smallest absolute Gasteiger partial charge is 0.267 e. The summed E-state index contributed by atoms with van der Waals surface area (Å²) in [6, 6.07) is 2.19. The average Bonchev–Trinajstić information content (AvgIpc) is 2.59. The lowest BCUT2D eigenvalue weighted by molar-refractivity contribution is -0.393. The standard InChI is InChI=1S/C8H6N4O4/c1-10-7-2-5(11(13)14)3-8(12(15)16)6(7)4-9-10/h2-4H,1H3. The maximum absolute atomic E-state index is 10.7. The Morgan fingerprint density at radius 1 is 1.25 bits per heavy atom. The fourth-order valence-corrected chi connectivity index (χ4v) is 1.47. The van der Waals surface area contributed by atoms with Crippen molar-refractivity contribution in [3.8, 4) is 0 Å². The maximum Gasteiger partial charge on any atom is 0.287 e. The molecule has 8 nitrogen and oxygen atoms in total. The SMILES string of the molecule is Cn1ncc2c([N+](=O)[O-])cc([N+](=O)[O-])cc21. The molecule has 0 fully saturated rings. The zero-order valence-corrected chi connectivity index (χ0v) is 8.15. The van der Waals surface area contributed by atoms with Gasteiger partial charge in [-0.1, -0.05) is 0 Å². The molecule has 16 heavy (non-hydrogen) atoms. The van der Waals surface area contributed by atoms with Gasteiger partial charge in [0, 0.05) is 13.1 Å². The van der Waals surface area contributed by atoms with E-state index in [0.717, 1.165) is 6.07 Å². The number of aromatic nitrogens is 2. The predicted molar refractivity (Wildman–Crippen MR) is 54.0 cm³/mol. The van der Waals surface area contributed by atoms with Crippen molar-refractivity contribution in [1.82, 2.24) is 9.78 Å². The van der Waals surface area contributed by atoms with Gasteiger partial charge in [-0.05, 0) is 0 Å². The van der Waals surface area contributed by atoms with Crippen molar-refractivity contribution in [2.24, 2.45) is 7.05 Å². The monoisotopic (exact) mass is 222 g/mol. The summed E-state index contributed by atoms with van der Waals surface area (Å²) >= 11 is 0. The minimum absolute atomic E-state index is 0.290. The third-order valence-electron chi connectivity index (χ3n) is 2.24. The Balaban J connectivity index is 2.86. The molecule has 0 aliphatic carbocycles. The highest BCUT2D eigenvalue weighted by molar-refractivity contribution is 5.90. The molecule has 1 aromatic carbocycles. The third kappa shape index (κ3) is 1.36. The number of benzene rings is 1. The van der Waals surface area contributed by atoms with Crippen LogP contribution in [0.3, 0.4) is 0 Å². The molecule has 0 N–H and O–H groups in total. The van der Waals surface area contributed by atoms with Gasteiger partial charge in [0.2, 0.25) is 0 Å². The van der Waals surface area contributed by atoms with Crippen molar-refractivity contribution >= 4 is 22.3 Å². The summed E-state index contributed by atoms with van der Waals surface area (Å²) in [5, 5.41) is 25.5. The van der Waals surface area contributed by atoms with Crippen LogP contribution in [0.25, 0.3) is 10.9 Å². The first-order chi connectivity index (χ1) is 7.50. The fraction of sp³-hybridized carbons (Fsp3) is 0.125. The molecular formula is C8H6N4O4. The van der Waals surface area contributed by atoms with Gasteiger partial charge in [-0.25, -0.2) is 0 Å². The number of non-ortho nitro benzene ring substituents is 2. The van der Waals surface area contributed by atoms with Crippen LogP contribution in [-0.2, 0) is 7.05 Å². The van der Waals surface area contributed by atoms with Gasteiger partial charge in [0.05, 0.1) is 33.0 Å². The second kappa shape index (κ2) is 3.26. The average molecular weight is 222 g/mol. The van der Waals surface area contributed by atoms with Crippen LogP contribution < -0.4 is 0 Å². The molecule has 8 heteroatoms. The molecule has 0 atom stereocenters. The van der Waals surface area contributed by atoms with Crippen LogP contribution in [0.5, 0.6) is 0 Å². The quantitative estimate of drug-likeness (QED) is 0.564. The van der Waals surface area contributed by atoms with E-state index in [1.54, 1.807) is 7.05 Å². The molecule has 0 saturated carbocycles. The molecule has 0 bridgehead atoms. The maximum atomic E-state index is 10.7. The zero-order valence-electron chi connectivity index (χ0n) is 8.15. The minimum Gasteiger partial charge on any atom is -0.267 e. The van der Waals surface area contributed by atoms with Crippen molar-refractivity contribution < 1.29 is 9.85 Å². The van der Waals surface area contributed by atoms with Crippen LogP contribution in [0.4, 0.5) is 11.4 Å². The van der Waals surface area contributed by atoms with E-state index in [9.17, 15) is 20.2 Å². The Morgan fingerprint density at radius 3 is 2.50 bits per heavy atom. The lowest BCUT2D eigenvalue weighted by Gasteiger charge is -1.96. The highest BCUT2D eigenvalue weighted by Gasteiger charge is 2.21. The Bertz CT molecular complexity index is 603. The molecule has 0 unspecified atom stereocenters. The van der Waals surface area contributed by atoms with E-state index < -0.39 is 9.85 Å². The van der Waals surface area contributed by atoms with E-state index in [2.05, 4.69) is 5.10 Å². The van der Waals surface area contributed by atoms with Crippen LogP contribution in [0.15, 0.2) is 18.3 Å². The number of fused-ring (bicyclic) bond motifs is 1. The third-order valence-corrected chi connectivity index (χ3v) is 2.24. The summed E-state index contributed by atoms with van der Waals surface area (Å²) < 4.78 is 1.36. The van der Waals surface area contributed by atoms with E-state index in [4.69, 9.17) is 0 Å². The molecular weight excluding hydrogens is 216 g/mol. The molecule has 2 rings (SSSR count). The molecule has 0 saturated heterocycles. The second-order valence-electron chi connectivity index (χ2n) is 3.18. The second-order valence-corrected chi connectivity index (χ2v) is 3.18. The van der Waals surface area contributed by atoms with E-state index in [0.29, 0.717) is 5.52 Å². The number of rotatable bonds is 2. The summed E-state index contributed by atoms with van der Waals surface area (Å²) in [6.45, 7) is 0. The summed E-state index contributed by atoms with van der Waals surface area (Å²) in [7, 11) is 1.57. The molecule has 0 aliphatic rings. The van der Waals surface area contributed by atoms with Crippen LogP contribution in [0.2, 0.25) is 0 Å². The largest absolute Gasteiger partial charge is 0.287 e. The lowest BCUT2D eigenvalue weighted by atomic mass is 10.2. The predicted octanol–water partition coefficient (Wildman–Crippen LogP) is 1.39. The van der Waals surface area contributed by atoms with Crippen LogP contribution in [0, 0.1) is 20.2 Å².